The van der Waals surface area contributed by atoms with Crippen LogP contribution >= 0.6 is 0 Å². The number of rotatable bonds is 4. The third-order valence-electron chi connectivity index (χ3n) is 5.00. The van der Waals surface area contributed by atoms with E-state index >= 15 is 0 Å². The van der Waals surface area contributed by atoms with E-state index in [0.29, 0.717) is 30.1 Å². The highest BCUT2D eigenvalue weighted by molar-refractivity contribution is 6.10. The predicted octanol–water partition coefficient (Wildman–Crippen LogP) is 1.98. The second-order valence-electron chi connectivity index (χ2n) is 7.04. The van der Waals surface area contributed by atoms with E-state index in [1.165, 1.54) is 13.4 Å². The Morgan fingerprint density at radius 1 is 1.21 bits per heavy atom. The minimum absolute atomic E-state index is 0.130. The zero-order chi connectivity index (χ0) is 19.9. The number of nitrogens with zero attached hydrogens (tertiary/aromatic N) is 5. The van der Waals surface area contributed by atoms with E-state index in [2.05, 4.69) is 20.1 Å². The second kappa shape index (κ2) is 6.59. The van der Waals surface area contributed by atoms with Crippen molar-refractivity contribution in [2.75, 3.05) is 24.3 Å². The first kappa shape index (κ1) is 17.9. The molecule has 28 heavy (non-hydrogen) atoms. The Morgan fingerprint density at radius 3 is 2.61 bits per heavy atom. The van der Waals surface area contributed by atoms with Crippen molar-refractivity contribution in [1.82, 2.24) is 20.1 Å². The molecule has 0 aliphatic carbocycles. The quantitative estimate of drug-likeness (QED) is 0.729. The highest BCUT2D eigenvalue weighted by Gasteiger charge is 2.32. The first-order valence-corrected chi connectivity index (χ1v) is 8.81. The number of carbonyl (C=O) groups excluding carboxylic acids is 1. The van der Waals surface area contributed by atoms with Crippen LogP contribution in [0.15, 0.2) is 35.1 Å². The fraction of sp³-hybridized carbons (Fsp3) is 0.316. The molecule has 9 nitrogen and oxygen atoms in total. The van der Waals surface area contributed by atoms with Crippen LogP contribution in [0.1, 0.15) is 41.4 Å². The van der Waals surface area contributed by atoms with Gasteiger partial charge in [0.1, 0.15) is 11.4 Å². The molecule has 4 rings (SSSR count). The van der Waals surface area contributed by atoms with Crippen molar-refractivity contribution in [3.63, 3.8) is 0 Å². The Morgan fingerprint density at radius 2 is 1.96 bits per heavy atom. The Bertz CT molecular complexity index is 1010. The van der Waals surface area contributed by atoms with Crippen LogP contribution < -0.4 is 15.4 Å². The smallest absolute Gasteiger partial charge is 0.318 e. The van der Waals surface area contributed by atoms with Crippen LogP contribution in [0.4, 0.5) is 11.5 Å². The number of hydrogen-bond acceptors (Lipinski definition) is 8. The number of nitrogens with two attached hydrogens (primary N) is 1. The molecule has 0 saturated carbocycles. The topological polar surface area (TPSA) is 120 Å². The van der Waals surface area contributed by atoms with Gasteiger partial charge in [0.15, 0.2) is 6.33 Å². The lowest BCUT2D eigenvalue weighted by molar-refractivity contribution is 0.0980. The number of aromatic nitrogens is 4. The van der Waals surface area contributed by atoms with Gasteiger partial charge in [-0.25, -0.2) is 0 Å². The minimum Gasteiger partial charge on any atom is -0.467 e. The molecule has 2 aromatic heterocycles. The lowest BCUT2D eigenvalue weighted by atomic mass is 9.84. The lowest BCUT2D eigenvalue weighted by Gasteiger charge is -2.29. The highest BCUT2D eigenvalue weighted by Crippen LogP contribution is 2.32. The average molecular weight is 380 g/mol. The molecule has 0 bridgehead atoms. The lowest BCUT2D eigenvalue weighted by Crippen LogP contribution is -2.39. The summed E-state index contributed by atoms with van der Waals surface area (Å²) >= 11 is 0. The SMILES string of the molecule is COc1nc(N)c2c(n1)CCN(c1ccc(C(C)(C)c3ncno3)cc1)C2=O. The van der Waals surface area contributed by atoms with Gasteiger partial charge in [-0.1, -0.05) is 17.3 Å². The standard InChI is InChI=1S/C19H20N6O3/c1-19(2,17-21-10-22-28-17)11-4-6-12(7-5-11)25-9-8-13-14(16(25)26)15(20)24-18(23-13)27-3/h4-7,10H,8-9H2,1-3H3,(H2,20,23,24). The van der Waals surface area contributed by atoms with Crippen molar-refractivity contribution in [3.05, 3.63) is 53.3 Å². The van der Waals surface area contributed by atoms with Crippen LogP contribution in [0.5, 0.6) is 6.01 Å². The Hall–Kier alpha value is -3.49. The molecule has 9 heteroatoms. The summed E-state index contributed by atoms with van der Waals surface area (Å²) in [6.45, 7) is 4.50. The monoisotopic (exact) mass is 380 g/mol. The summed E-state index contributed by atoms with van der Waals surface area (Å²) in [6.07, 6.45) is 1.95. The van der Waals surface area contributed by atoms with Gasteiger partial charge in [-0.3, -0.25) is 4.79 Å². The molecule has 1 aliphatic heterocycles. The maximum Gasteiger partial charge on any atom is 0.318 e. The Kier molecular flexibility index (Phi) is 4.21. The van der Waals surface area contributed by atoms with Crippen LogP contribution in [0.3, 0.4) is 0 Å². The van der Waals surface area contributed by atoms with Gasteiger partial charge in [-0.05, 0) is 31.5 Å². The van der Waals surface area contributed by atoms with Crippen LogP contribution in [-0.4, -0.2) is 39.7 Å². The van der Waals surface area contributed by atoms with Gasteiger partial charge in [0.25, 0.3) is 5.91 Å². The predicted molar refractivity (Wildman–Crippen MR) is 101 cm³/mol. The number of fused-ring (bicyclic) bond motifs is 1. The normalized spacial score (nSPS) is 14.1. The van der Waals surface area contributed by atoms with E-state index in [4.69, 9.17) is 15.0 Å². The molecule has 144 valence electrons. The van der Waals surface area contributed by atoms with Gasteiger partial charge >= 0.3 is 6.01 Å². The van der Waals surface area contributed by atoms with E-state index in [-0.39, 0.29) is 17.7 Å². The van der Waals surface area contributed by atoms with Crippen molar-refractivity contribution >= 4 is 17.4 Å². The Labute approximate surface area is 161 Å². The summed E-state index contributed by atoms with van der Waals surface area (Å²) in [7, 11) is 1.47. The van der Waals surface area contributed by atoms with Crippen molar-refractivity contribution in [1.29, 1.82) is 0 Å². The number of methoxy groups -OCH3 is 1. The molecule has 0 atom stereocenters. The number of hydrogen-bond donors (Lipinski definition) is 1. The maximum absolute atomic E-state index is 13.0. The van der Waals surface area contributed by atoms with Gasteiger partial charge in [-0.2, -0.15) is 15.0 Å². The summed E-state index contributed by atoms with van der Waals surface area (Å²) in [6, 6.07) is 7.88. The largest absolute Gasteiger partial charge is 0.467 e. The fourth-order valence-electron chi connectivity index (χ4n) is 3.34. The average Bonchev–Trinajstić information content (AvgIpc) is 3.23. The van der Waals surface area contributed by atoms with Gasteiger partial charge < -0.3 is 19.9 Å². The number of nitrogen functional groups attached to an aromatic ring is 1. The van der Waals surface area contributed by atoms with E-state index in [1.54, 1.807) is 4.90 Å². The summed E-state index contributed by atoms with van der Waals surface area (Å²) in [5.74, 6) is 0.443. The second-order valence-corrected chi connectivity index (χ2v) is 7.04. The molecule has 0 radical (unpaired) electrons. The van der Waals surface area contributed by atoms with Crippen LogP contribution in [0, 0.1) is 0 Å². The summed E-state index contributed by atoms with van der Waals surface area (Å²) in [5, 5.41) is 3.69. The third kappa shape index (κ3) is 2.84. The Balaban J connectivity index is 1.63. The van der Waals surface area contributed by atoms with Gasteiger partial charge in [0, 0.05) is 18.7 Å². The molecule has 2 N–H and O–H groups in total. The summed E-state index contributed by atoms with van der Waals surface area (Å²) < 4.78 is 10.3. The van der Waals surface area contributed by atoms with Crippen molar-refractivity contribution < 1.29 is 14.1 Å². The van der Waals surface area contributed by atoms with E-state index < -0.39 is 5.41 Å². The molecule has 0 unspecified atom stereocenters. The van der Waals surface area contributed by atoms with Gasteiger partial charge in [0.05, 0.1) is 18.2 Å². The van der Waals surface area contributed by atoms with Gasteiger partial charge in [-0.15, -0.1) is 0 Å². The first-order chi connectivity index (χ1) is 13.4. The summed E-state index contributed by atoms with van der Waals surface area (Å²) in [4.78, 5) is 27.1. The van der Waals surface area contributed by atoms with E-state index in [0.717, 1.165) is 11.3 Å². The van der Waals surface area contributed by atoms with Crippen molar-refractivity contribution in [2.24, 2.45) is 0 Å². The van der Waals surface area contributed by atoms with Crippen LogP contribution in [0.2, 0.25) is 0 Å². The van der Waals surface area contributed by atoms with Gasteiger partial charge in [0.2, 0.25) is 5.89 Å². The third-order valence-corrected chi connectivity index (χ3v) is 5.00. The molecule has 0 fully saturated rings. The van der Waals surface area contributed by atoms with Crippen LogP contribution in [0.25, 0.3) is 0 Å². The zero-order valence-corrected chi connectivity index (χ0v) is 15.8. The minimum atomic E-state index is -0.442. The van der Waals surface area contributed by atoms with Crippen LogP contribution in [-0.2, 0) is 11.8 Å². The first-order valence-electron chi connectivity index (χ1n) is 8.81. The molecule has 1 aromatic carbocycles. The fourth-order valence-corrected chi connectivity index (χ4v) is 3.34. The number of amides is 1. The number of anilines is 2. The van der Waals surface area contributed by atoms with E-state index in [1.807, 2.05) is 38.1 Å². The zero-order valence-electron chi connectivity index (χ0n) is 15.8. The maximum atomic E-state index is 13.0. The number of carbonyl (C=O) groups is 1. The number of benzene rings is 1. The number of ether oxygens (including phenoxy) is 1. The molecule has 1 amide bonds. The summed E-state index contributed by atoms with van der Waals surface area (Å²) in [5.41, 5.74) is 8.26. The van der Waals surface area contributed by atoms with Crippen molar-refractivity contribution in [3.8, 4) is 6.01 Å². The molecular formula is C19H20N6O3. The molecule has 1 aliphatic rings. The van der Waals surface area contributed by atoms with Crippen molar-refractivity contribution in [2.45, 2.75) is 25.7 Å². The molecule has 0 spiro atoms. The molecule has 3 aromatic rings. The van der Waals surface area contributed by atoms with E-state index in [9.17, 15) is 4.79 Å². The molecule has 0 saturated heterocycles. The molecular weight excluding hydrogens is 360 g/mol. The molecule has 3 heterocycles. The highest BCUT2D eigenvalue weighted by atomic mass is 16.5.